The monoisotopic (exact) mass is 494 g/mol. The summed E-state index contributed by atoms with van der Waals surface area (Å²) in [5, 5.41) is 19.7. The summed E-state index contributed by atoms with van der Waals surface area (Å²) >= 11 is 18.8. The Morgan fingerprint density at radius 1 is 0.742 bits per heavy atom. The first-order valence-electron chi connectivity index (χ1n) is 8.94. The van der Waals surface area contributed by atoms with Gasteiger partial charge in [0.2, 0.25) is 0 Å². The van der Waals surface area contributed by atoms with E-state index in [1.807, 2.05) is 42.5 Å². The first-order chi connectivity index (χ1) is 14.4. The molecule has 0 saturated carbocycles. The van der Waals surface area contributed by atoms with Crippen molar-refractivity contribution in [2.45, 2.75) is 0 Å². The molecule has 0 saturated heterocycles. The Morgan fingerprint density at radius 3 is 2.29 bits per heavy atom. The van der Waals surface area contributed by atoms with Crippen LogP contribution in [0.2, 0.25) is 15.1 Å². The van der Waals surface area contributed by atoms with E-state index in [1.54, 1.807) is 12.1 Å². The average Bonchev–Trinajstić information content (AvgIpc) is 2.71. The van der Waals surface area contributed by atoms with Gasteiger partial charge in [-0.05, 0) is 29.8 Å². The van der Waals surface area contributed by atoms with Gasteiger partial charge < -0.3 is 15.7 Å². The molecule has 31 heavy (non-hydrogen) atoms. The standard InChI is InChI=1S/C23H15Cl3N2O2.K/c24-19-7-2-1-6-16(19)13-4-3-5-14(10-13)27-23(30)28-22-18-11-15(29)8-9-17(18)20(25)12-21(22)26;/h1-12,29H,(H2,27,28,30);/q;+1/p-1. The molecule has 2 N–H and O–H groups in total. The van der Waals surface area contributed by atoms with Gasteiger partial charge in [-0.1, -0.05) is 83.3 Å². The number of nitrogens with one attached hydrogen (secondary N) is 2. The largest absolute Gasteiger partial charge is 1.00 e. The van der Waals surface area contributed by atoms with E-state index in [9.17, 15) is 9.90 Å². The summed E-state index contributed by atoms with van der Waals surface area (Å²) in [6, 6.07) is 20.2. The fraction of sp³-hybridized carbons (Fsp3) is 0. The number of halogens is 3. The molecule has 0 aliphatic rings. The van der Waals surface area contributed by atoms with Gasteiger partial charge in [-0.3, -0.25) is 0 Å². The minimum Gasteiger partial charge on any atom is -0.872 e. The topological polar surface area (TPSA) is 64.2 Å². The summed E-state index contributed by atoms with van der Waals surface area (Å²) in [7, 11) is 0. The molecule has 0 aliphatic carbocycles. The van der Waals surface area contributed by atoms with Crippen molar-refractivity contribution in [2.24, 2.45) is 0 Å². The average molecular weight is 496 g/mol. The third kappa shape index (κ3) is 5.56. The van der Waals surface area contributed by atoms with Crippen LogP contribution in [0.4, 0.5) is 16.2 Å². The third-order valence-corrected chi connectivity index (χ3v) is 5.49. The number of benzene rings is 4. The number of hydrogen-bond acceptors (Lipinski definition) is 2. The van der Waals surface area contributed by atoms with E-state index in [-0.39, 0.29) is 62.2 Å². The Bertz CT molecular complexity index is 1280. The minimum absolute atomic E-state index is 0. The van der Waals surface area contributed by atoms with E-state index in [1.165, 1.54) is 18.2 Å². The molecule has 0 spiro atoms. The molecule has 2 amide bonds. The Kier molecular flexibility index (Phi) is 8.29. The summed E-state index contributed by atoms with van der Waals surface area (Å²) in [5.41, 5.74) is 2.61. The molecule has 4 nitrogen and oxygen atoms in total. The molecule has 8 heteroatoms. The maximum absolute atomic E-state index is 12.6. The zero-order valence-corrected chi connectivity index (χ0v) is 21.8. The molecular formula is C23H14Cl3KN2O2. The number of urea groups is 1. The molecule has 0 aliphatic heterocycles. The Labute approximate surface area is 236 Å². The normalized spacial score (nSPS) is 10.4. The number of hydrogen-bond donors (Lipinski definition) is 2. The number of anilines is 2. The van der Waals surface area contributed by atoms with Crippen LogP contribution < -0.4 is 67.1 Å². The molecule has 0 atom stereocenters. The second-order valence-electron chi connectivity index (χ2n) is 6.56. The number of rotatable bonds is 3. The summed E-state index contributed by atoms with van der Waals surface area (Å²) < 4.78 is 0. The van der Waals surface area contributed by atoms with Crippen LogP contribution in [0, 0.1) is 0 Å². The molecule has 0 aromatic heterocycles. The van der Waals surface area contributed by atoms with Crippen LogP contribution >= 0.6 is 34.8 Å². The fourth-order valence-corrected chi connectivity index (χ4v) is 4.02. The van der Waals surface area contributed by atoms with E-state index in [4.69, 9.17) is 34.8 Å². The zero-order valence-electron chi connectivity index (χ0n) is 16.4. The molecular weight excluding hydrogens is 482 g/mol. The number of amides is 2. The SMILES string of the molecule is O=C(Nc1cccc(-c2ccccc2Cl)c1)Nc1c(Cl)cc(Cl)c2ccc([O-])cc12.[K+]. The van der Waals surface area contributed by atoms with Crippen LogP contribution in [0.1, 0.15) is 0 Å². The van der Waals surface area contributed by atoms with Gasteiger partial charge >= 0.3 is 57.4 Å². The van der Waals surface area contributed by atoms with E-state index < -0.39 is 6.03 Å². The molecule has 4 aromatic rings. The van der Waals surface area contributed by atoms with Crippen molar-refractivity contribution < 1.29 is 61.3 Å². The quantitative estimate of drug-likeness (QED) is 0.419. The van der Waals surface area contributed by atoms with Crippen LogP contribution in [0.25, 0.3) is 21.9 Å². The van der Waals surface area contributed by atoms with Gasteiger partial charge in [-0.25, -0.2) is 4.79 Å². The molecule has 0 fully saturated rings. The maximum atomic E-state index is 12.6. The number of fused-ring (bicyclic) bond motifs is 1. The van der Waals surface area contributed by atoms with Crippen LogP contribution in [-0.4, -0.2) is 6.03 Å². The van der Waals surface area contributed by atoms with Gasteiger partial charge in [0.25, 0.3) is 0 Å². The van der Waals surface area contributed by atoms with Crippen molar-refractivity contribution in [2.75, 3.05) is 10.6 Å². The zero-order chi connectivity index (χ0) is 21.3. The Morgan fingerprint density at radius 2 is 1.52 bits per heavy atom. The van der Waals surface area contributed by atoms with Crippen LogP contribution in [0.5, 0.6) is 5.75 Å². The molecule has 0 unspecified atom stereocenters. The van der Waals surface area contributed by atoms with Gasteiger partial charge in [-0.2, -0.15) is 0 Å². The van der Waals surface area contributed by atoms with Gasteiger partial charge in [0, 0.05) is 27.0 Å². The third-order valence-electron chi connectivity index (χ3n) is 4.55. The van der Waals surface area contributed by atoms with Gasteiger partial charge in [0.05, 0.1) is 15.7 Å². The molecule has 0 heterocycles. The van der Waals surface area contributed by atoms with Crippen molar-refractivity contribution in [1.29, 1.82) is 0 Å². The van der Waals surface area contributed by atoms with Crippen molar-refractivity contribution in [3.8, 4) is 16.9 Å². The molecule has 4 rings (SSSR count). The van der Waals surface area contributed by atoms with Crippen LogP contribution in [0.15, 0.2) is 72.8 Å². The number of carbonyl (C=O) groups excluding carboxylic acids is 1. The first-order valence-corrected chi connectivity index (χ1v) is 10.1. The second-order valence-corrected chi connectivity index (χ2v) is 7.78. The van der Waals surface area contributed by atoms with Gasteiger partial charge in [0.1, 0.15) is 0 Å². The van der Waals surface area contributed by atoms with E-state index >= 15 is 0 Å². The summed E-state index contributed by atoms with van der Waals surface area (Å²) in [6.45, 7) is 0. The summed E-state index contributed by atoms with van der Waals surface area (Å²) in [4.78, 5) is 12.6. The molecule has 150 valence electrons. The Balaban J connectivity index is 0.00000272. The Hall–Kier alpha value is -1.28. The van der Waals surface area contributed by atoms with E-state index in [0.29, 0.717) is 32.2 Å². The predicted octanol–water partition coefficient (Wildman–Crippen LogP) is 4.19. The molecule has 0 radical (unpaired) electrons. The van der Waals surface area contributed by atoms with Crippen LogP contribution in [0.3, 0.4) is 0 Å². The summed E-state index contributed by atoms with van der Waals surface area (Å²) in [6.07, 6.45) is 0. The molecule has 4 aromatic carbocycles. The van der Waals surface area contributed by atoms with E-state index in [2.05, 4.69) is 10.6 Å². The van der Waals surface area contributed by atoms with Crippen LogP contribution in [-0.2, 0) is 0 Å². The fourth-order valence-electron chi connectivity index (χ4n) is 3.19. The first kappa shape index (κ1) is 24.4. The smallest absolute Gasteiger partial charge is 0.872 e. The maximum Gasteiger partial charge on any atom is 1.00 e. The van der Waals surface area contributed by atoms with Gasteiger partial charge in [0.15, 0.2) is 0 Å². The molecule has 0 bridgehead atoms. The second kappa shape index (κ2) is 10.6. The van der Waals surface area contributed by atoms with Gasteiger partial charge in [-0.15, -0.1) is 5.75 Å². The summed E-state index contributed by atoms with van der Waals surface area (Å²) in [5.74, 6) is -0.211. The van der Waals surface area contributed by atoms with Crippen molar-refractivity contribution in [1.82, 2.24) is 0 Å². The van der Waals surface area contributed by atoms with Crippen molar-refractivity contribution in [3.63, 3.8) is 0 Å². The predicted molar refractivity (Wildman–Crippen MR) is 123 cm³/mol. The minimum atomic E-state index is -0.506. The number of carbonyl (C=O) groups is 1. The van der Waals surface area contributed by atoms with Crippen molar-refractivity contribution >= 4 is 63.0 Å². The van der Waals surface area contributed by atoms with E-state index in [0.717, 1.165) is 11.1 Å². The van der Waals surface area contributed by atoms with Crippen molar-refractivity contribution in [3.05, 3.63) is 87.9 Å².